The molecule has 11 heteroatoms. The van der Waals surface area contributed by atoms with Crippen molar-refractivity contribution in [3.05, 3.63) is 59.8 Å². The molecule has 41 heavy (non-hydrogen) atoms. The van der Waals surface area contributed by atoms with E-state index in [-0.39, 0.29) is 10.3 Å². The molecule has 0 spiro atoms. The molecule has 0 saturated carbocycles. The first-order valence-corrected chi connectivity index (χ1v) is 15.4. The van der Waals surface area contributed by atoms with E-state index in [0.29, 0.717) is 36.2 Å². The van der Waals surface area contributed by atoms with Crippen LogP contribution in [-0.2, 0) is 23.0 Å². The number of piperidine rings is 1. The number of para-hydroxylation sites is 1. The summed E-state index contributed by atoms with van der Waals surface area (Å²) in [5.74, 6) is 1.58. The smallest absolute Gasteiger partial charge is 0.245 e. The lowest BCUT2D eigenvalue weighted by Gasteiger charge is -2.36. The molecule has 4 aromatic rings. The second-order valence-corrected chi connectivity index (χ2v) is 13.7. The zero-order valence-electron chi connectivity index (χ0n) is 24.0. The number of nitrogens with zero attached hydrogens (tertiary/aromatic N) is 4. The van der Waals surface area contributed by atoms with Gasteiger partial charge in [0.15, 0.2) is 0 Å². The minimum absolute atomic E-state index is 0.144. The Kier molecular flexibility index (Phi) is 7.13. The van der Waals surface area contributed by atoms with E-state index in [1.165, 1.54) is 11.1 Å². The van der Waals surface area contributed by atoms with Crippen molar-refractivity contribution in [2.45, 2.75) is 44.6 Å². The number of benzene rings is 2. The summed E-state index contributed by atoms with van der Waals surface area (Å²) >= 11 is 0. The van der Waals surface area contributed by atoms with Crippen LogP contribution in [0.4, 0.5) is 23.1 Å². The summed E-state index contributed by atoms with van der Waals surface area (Å²) in [7, 11) is 0.0725. The molecule has 2 aromatic heterocycles. The Labute approximate surface area is 241 Å². The van der Waals surface area contributed by atoms with Gasteiger partial charge in [-0.2, -0.15) is 14.3 Å². The van der Waals surface area contributed by atoms with Crippen molar-refractivity contribution in [3.8, 4) is 5.75 Å². The normalized spacial score (nSPS) is 17.8. The summed E-state index contributed by atoms with van der Waals surface area (Å²) in [5, 5.41) is 7.42. The molecular weight excluding hydrogens is 538 g/mol. The van der Waals surface area contributed by atoms with E-state index in [0.717, 1.165) is 49.2 Å². The van der Waals surface area contributed by atoms with Gasteiger partial charge >= 0.3 is 0 Å². The van der Waals surface area contributed by atoms with E-state index in [1.54, 1.807) is 35.8 Å². The van der Waals surface area contributed by atoms with Gasteiger partial charge in [0, 0.05) is 32.4 Å². The number of methoxy groups -OCH3 is 1. The molecule has 2 aliphatic heterocycles. The van der Waals surface area contributed by atoms with Crippen molar-refractivity contribution >= 4 is 44.2 Å². The van der Waals surface area contributed by atoms with Crippen LogP contribution < -0.4 is 15.4 Å². The Morgan fingerprint density at radius 2 is 1.76 bits per heavy atom. The summed E-state index contributed by atoms with van der Waals surface area (Å²) in [4.78, 5) is 15.2. The Balaban J connectivity index is 1.34. The van der Waals surface area contributed by atoms with Crippen LogP contribution in [0, 0.1) is 5.41 Å². The number of H-pyrrole nitrogens is 1. The van der Waals surface area contributed by atoms with Gasteiger partial charge in [0.2, 0.25) is 16.0 Å². The number of likely N-dealkylation sites (N-methyl/N-ethyl adjacent to an activating group) is 1. The molecular formula is C30H37N7O3S. The minimum Gasteiger partial charge on any atom is -0.495 e. The van der Waals surface area contributed by atoms with Crippen molar-refractivity contribution < 1.29 is 13.2 Å². The Bertz CT molecular complexity index is 1690. The van der Waals surface area contributed by atoms with Gasteiger partial charge in [0.05, 0.1) is 23.9 Å². The third-order valence-corrected chi connectivity index (χ3v) is 10.2. The SMILES string of the molecule is COc1cc2c(cc1Nc1nc(Nc3ccccc3S(=O)(=O)N3CCC(C)(C)CC3)c3cc[nH]c3n1)CN(C)CC2. The van der Waals surface area contributed by atoms with Crippen LogP contribution in [0.3, 0.4) is 0 Å². The number of sulfonamides is 1. The minimum atomic E-state index is -3.70. The van der Waals surface area contributed by atoms with Crippen LogP contribution in [0.2, 0.25) is 0 Å². The fourth-order valence-electron chi connectivity index (χ4n) is 5.60. The largest absolute Gasteiger partial charge is 0.495 e. The highest BCUT2D eigenvalue weighted by atomic mass is 32.2. The summed E-state index contributed by atoms with van der Waals surface area (Å²) < 4.78 is 34.8. The van der Waals surface area contributed by atoms with Crippen molar-refractivity contribution in [1.82, 2.24) is 24.2 Å². The van der Waals surface area contributed by atoms with E-state index in [4.69, 9.17) is 9.72 Å². The van der Waals surface area contributed by atoms with E-state index in [1.807, 2.05) is 12.1 Å². The lowest BCUT2D eigenvalue weighted by molar-refractivity contribution is 0.196. The summed E-state index contributed by atoms with van der Waals surface area (Å²) in [6, 6.07) is 13.1. The molecule has 10 nitrogen and oxygen atoms in total. The number of fused-ring (bicyclic) bond motifs is 2. The zero-order valence-corrected chi connectivity index (χ0v) is 24.8. The fourth-order valence-corrected chi connectivity index (χ4v) is 7.19. The maximum atomic E-state index is 13.8. The average molecular weight is 576 g/mol. The zero-order chi connectivity index (χ0) is 28.8. The maximum absolute atomic E-state index is 13.8. The molecule has 0 atom stereocenters. The Morgan fingerprint density at radius 1 is 0.976 bits per heavy atom. The van der Waals surface area contributed by atoms with Gasteiger partial charge in [-0.15, -0.1) is 0 Å². The van der Waals surface area contributed by atoms with Gasteiger partial charge in [0.25, 0.3) is 0 Å². The lowest BCUT2D eigenvalue weighted by atomic mass is 9.83. The second-order valence-electron chi connectivity index (χ2n) is 11.8. The van der Waals surface area contributed by atoms with E-state index in [9.17, 15) is 8.42 Å². The third-order valence-electron chi connectivity index (χ3n) is 8.22. The first-order valence-electron chi connectivity index (χ1n) is 14.0. The predicted octanol–water partition coefficient (Wildman–Crippen LogP) is 5.25. The summed E-state index contributed by atoms with van der Waals surface area (Å²) in [5.41, 5.74) is 4.53. The molecule has 216 valence electrons. The molecule has 0 amide bonds. The molecule has 3 N–H and O–H groups in total. The van der Waals surface area contributed by atoms with Crippen molar-refractivity contribution in [3.63, 3.8) is 0 Å². The molecule has 1 saturated heterocycles. The van der Waals surface area contributed by atoms with Crippen molar-refractivity contribution in [2.75, 3.05) is 44.4 Å². The fraction of sp³-hybridized carbons (Fsp3) is 0.400. The molecule has 1 fully saturated rings. The number of rotatable bonds is 7. The topological polar surface area (TPSA) is 115 Å². The van der Waals surface area contributed by atoms with Crippen molar-refractivity contribution in [2.24, 2.45) is 5.41 Å². The number of nitrogens with one attached hydrogen (secondary N) is 3. The first-order chi connectivity index (χ1) is 19.6. The van der Waals surface area contributed by atoms with Gasteiger partial charge < -0.3 is 25.3 Å². The number of aromatic amines is 1. The van der Waals surface area contributed by atoms with Crippen LogP contribution in [0.25, 0.3) is 11.0 Å². The molecule has 2 aliphatic rings. The van der Waals surface area contributed by atoms with Crippen LogP contribution in [0.1, 0.15) is 37.8 Å². The first kappa shape index (κ1) is 27.5. The van der Waals surface area contributed by atoms with E-state index < -0.39 is 10.0 Å². The van der Waals surface area contributed by atoms with E-state index >= 15 is 0 Å². The number of hydrogen-bond acceptors (Lipinski definition) is 8. The summed E-state index contributed by atoms with van der Waals surface area (Å²) in [6.07, 6.45) is 4.42. The molecule has 4 heterocycles. The number of ether oxygens (including phenoxy) is 1. The number of anilines is 4. The van der Waals surface area contributed by atoms with Gasteiger partial charge in [-0.1, -0.05) is 26.0 Å². The molecule has 0 aliphatic carbocycles. The van der Waals surface area contributed by atoms with Crippen LogP contribution in [-0.4, -0.2) is 66.4 Å². The van der Waals surface area contributed by atoms with Gasteiger partial charge in [-0.3, -0.25) is 0 Å². The second kappa shape index (κ2) is 10.6. The lowest BCUT2D eigenvalue weighted by Crippen LogP contribution is -2.41. The maximum Gasteiger partial charge on any atom is 0.245 e. The summed E-state index contributed by atoms with van der Waals surface area (Å²) in [6.45, 7) is 7.26. The predicted molar refractivity (Wildman–Crippen MR) is 162 cm³/mol. The Hall–Kier alpha value is -3.67. The molecule has 6 rings (SSSR count). The van der Waals surface area contributed by atoms with Gasteiger partial charge in [-0.25, -0.2) is 8.42 Å². The standard InChI is InChI=1S/C30H37N7O3S/c1-30(2)11-15-37(16-12-30)41(38,39)26-8-6-5-7-23(26)32-28-22-9-13-31-27(22)34-29(35-28)33-24-17-21-19-36(3)14-10-20(21)18-25(24)40-4/h5-9,13,17-18H,10-12,14-16,19H2,1-4H3,(H3,31,32,33,34,35). The molecule has 0 unspecified atom stereocenters. The molecule has 2 aromatic carbocycles. The van der Waals surface area contributed by atoms with Crippen LogP contribution in [0.15, 0.2) is 53.6 Å². The van der Waals surface area contributed by atoms with E-state index in [2.05, 4.69) is 58.5 Å². The quantitative estimate of drug-likeness (QED) is 0.274. The van der Waals surface area contributed by atoms with Gasteiger partial charge in [0.1, 0.15) is 22.1 Å². The average Bonchev–Trinajstić information content (AvgIpc) is 3.42. The number of aromatic nitrogens is 3. The monoisotopic (exact) mass is 575 g/mol. The van der Waals surface area contributed by atoms with Crippen molar-refractivity contribution in [1.29, 1.82) is 0 Å². The highest BCUT2D eigenvalue weighted by molar-refractivity contribution is 7.89. The molecule has 0 radical (unpaired) electrons. The van der Waals surface area contributed by atoms with Gasteiger partial charge in [-0.05, 0) is 73.2 Å². The third kappa shape index (κ3) is 5.49. The van der Waals surface area contributed by atoms with Crippen LogP contribution in [0.5, 0.6) is 5.75 Å². The highest BCUT2D eigenvalue weighted by Gasteiger charge is 2.34. The molecule has 0 bridgehead atoms. The number of hydrogen-bond donors (Lipinski definition) is 3. The Morgan fingerprint density at radius 3 is 2.54 bits per heavy atom. The van der Waals surface area contributed by atoms with Crippen LogP contribution >= 0.6 is 0 Å². The highest BCUT2D eigenvalue weighted by Crippen LogP contribution is 2.37.